The lowest BCUT2D eigenvalue weighted by Crippen LogP contribution is -2.47. The molecule has 0 radical (unpaired) electrons. The number of nitrogens with one attached hydrogen (secondary N) is 2. The molecule has 2 aromatic heterocycles. The topological polar surface area (TPSA) is 243 Å². The number of esters is 1. The van der Waals surface area contributed by atoms with Crippen molar-refractivity contribution in [3.05, 3.63) is 57.0 Å². The van der Waals surface area contributed by atoms with Crippen molar-refractivity contribution in [1.82, 2.24) is 15.3 Å². The van der Waals surface area contributed by atoms with Crippen LogP contribution in [-0.2, 0) is 20.9 Å². The summed E-state index contributed by atoms with van der Waals surface area (Å²) < 4.78 is 4.79. The van der Waals surface area contributed by atoms with Gasteiger partial charge >= 0.3 is 11.9 Å². The van der Waals surface area contributed by atoms with Gasteiger partial charge in [0.2, 0.25) is 0 Å². The van der Waals surface area contributed by atoms with E-state index in [9.17, 15) is 44.7 Å². The van der Waals surface area contributed by atoms with Crippen molar-refractivity contribution in [2.24, 2.45) is 0 Å². The number of amides is 1. The number of rotatable bonds is 15. The number of aryl methyl sites for hydroxylation is 1. The van der Waals surface area contributed by atoms with Crippen molar-refractivity contribution < 1.29 is 49.8 Å². The zero-order valence-corrected chi connectivity index (χ0v) is 24.2. The van der Waals surface area contributed by atoms with E-state index in [1.165, 1.54) is 6.07 Å². The molecular weight excluding hydrogens is 588 g/mol. The summed E-state index contributed by atoms with van der Waals surface area (Å²) in [5.41, 5.74) is 1.18. The maximum absolute atomic E-state index is 12.8. The van der Waals surface area contributed by atoms with Crippen molar-refractivity contribution in [3.63, 3.8) is 0 Å². The molecule has 8 N–H and O–H groups in total. The molecule has 0 saturated carbocycles. The Morgan fingerprint density at radius 1 is 1.09 bits per heavy atom. The number of aliphatic hydroxyl groups excluding tert-OH is 5. The van der Waals surface area contributed by atoms with Crippen LogP contribution >= 0.6 is 11.3 Å². The van der Waals surface area contributed by atoms with Gasteiger partial charge in [0.05, 0.1) is 27.4 Å². The number of aromatic amines is 1. The average Bonchev–Trinajstić information content (AvgIpc) is 3.47. The van der Waals surface area contributed by atoms with Crippen molar-refractivity contribution in [3.8, 4) is 0 Å². The second kappa shape index (κ2) is 15.0. The Morgan fingerprint density at radius 2 is 1.79 bits per heavy atom. The van der Waals surface area contributed by atoms with E-state index in [-0.39, 0.29) is 16.9 Å². The summed E-state index contributed by atoms with van der Waals surface area (Å²) in [6.45, 7) is 0.475. The number of H-pyrrole nitrogens is 1. The Morgan fingerprint density at radius 3 is 2.47 bits per heavy atom. The number of carboxylic acids is 1. The Balaban J connectivity index is 1.53. The summed E-state index contributed by atoms with van der Waals surface area (Å²) in [7, 11) is 1.80. The second-order valence-electron chi connectivity index (χ2n) is 9.88. The first-order valence-corrected chi connectivity index (χ1v) is 13.9. The van der Waals surface area contributed by atoms with Crippen LogP contribution in [0.1, 0.15) is 33.9 Å². The number of carboxylic acid groups (broad SMARTS) is 1. The quantitative estimate of drug-likeness (QED) is 0.0937. The van der Waals surface area contributed by atoms with Gasteiger partial charge in [-0.2, -0.15) is 0 Å². The van der Waals surface area contributed by atoms with Gasteiger partial charge in [-0.15, -0.1) is 11.3 Å². The summed E-state index contributed by atoms with van der Waals surface area (Å²) in [5, 5.41) is 60.4. The highest BCUT2D eigenvalue weighted by Gasteiger charge is 2.31. The minimum Gasteiger partial charge on any atom is -0.480 e. The first kappa shape index (κ1) is 33.6. The smallest absolute Gasteiger partial charge is 0.326 e. The Bertz CT molecular complexity index is 1490. The van der Waals surface area contributed by atoms with E-state index < -0.39 is 67.9 Å². The predicted octanol–water partition coefficient (Wildman–Crippen LogP) is -1.13. The highest BCUT2D eigenvalue weighted by molar-refractivity contribution is 7.18. The lowest BCUT2D eigenvalue weighted by Gasteiger charge is -2.25. The minimum atomic E-state index is -1.92. The van der Waals surface area contributed by atoms with Gasteiger partial charge in [-0.05, 0) is 43.2 Å². The normalized spacial score (nSPS) is 14.9. The third-order valence-electron chi connectivity index (χ3n) is 6.48. The third kappa shape index (κ3) is 9.03. The van der Waals surface area contributed by atoms with Crippen LogP contribution in [0.15, 0.2) is 35.1 Å². The number of aromatic nitrogens is 2. The summed E-state index contributed by atoms with van der Waals surface area (Å²) >= 11 is 1.12. The fourth-order valence-electron chi connectivity index (χ4n) is 4.07. The van der Waals surface area contributed by atoms with Gasteiger partial charge < -0.3 is 50.6 Å². The molecule has 0 aliphatic carbocycles. The number of aliphatic carboxylic acids is 1. The molecule has 15 nitrogen and oxygen atoms in total. The molecule has 3 rings (SSSR count). The molecule has 0 saturated heterocycles. The van der Waals surface area contributed by atoms with Gasteiger partial charge in [0.15, 0.2) is 0 Å². The fourth-order valence-corrected chi connectivity index (χ4v) is 4.94. The van der Waals surface area contributed by atoms with Crippen molar-refractivity contribution in [2.75, 3.05) is 25.2 Å². The van der Waals surface area contributed by atoms with E-state index in [2.05, 4.69) is 15.3 Å². The molecule has 3 aromatic rings. The maximum Gasteiger partial charge on any atom is 0.326 e. The van der Waals surface area contributed by atoms with Crippen LogP contribution in [0, 0.1) is 6.92 Å². The highest BCUT2D eigenvalue weighted by Crippen LogP contribution is 2.27. The number of hydrogen-bond donors (Lipinski definition) is 8. The van der Waals surface area contributed by atoms with Gasteiger partial charge in [0, 0.05) is 20.0 Å². The maximum atomic E-state index is 12.8. The van der Waals surface area contributed by atoms with Crippen LogP contribution in [0.25, 0.3) is 10.9 Å². The summed E-state index contributed by atoms with van der Waals surface area (Å²) in [4.78, 5) is 57.9. The molecule has 1 amide bonds. The van der Waals surface area contributed by atoms with Gasteiger partial charge in [-0.3, -0.25) is 14.4 Å². The van der Waals surface area contributed by atoms with Crippen LogP contribution in [0.3, 0.4) is 0 Å². The predicted molar refractivity (Wildman–Crippen MR) is 154 cm³/mol. The summed E-state index contributed by atoms with van der Waals surface area (Å²) in [5.74, 6) is -2.48. The number of ether oxygens (including phenoxy) is 1. The standard InChI is InChI=1S/C27H34N4O11S/c1-13-28-16-4-3-14(9-15(16)25(38)29-13)10-31(2)21-7-6-20(43-21)26(39)30-17(27(40)41)5-8-22(35)42-12-19(34)24(37)23(36)18(33)11-32/h3-4,6-7,9,17-19,23-24,32-34,36-37H,5,8,10-12H2,1-2H3,(H,30,39)(H,40,41)(H,28,29,38)/t17-,18+,19+,23+,24+/m0/s1. The van der Waals surface area contributed by atoms with Crippen molar-refractivity contribution in [2.45, 2.75) is 56.8 Å². The number of carbonyl (C=O) groups excluding carboxylic acids is 2. The number of nitrogens with zero attached hydrogens (tertiary/aromatic N) is 2. The van der Waals surface area contributed by atoms with Crippen LogP contribution in [0.2, 0.25) is 0 Å². The Kier molecular flexibility index (Phi) is 11.7. The molecule has 0 aliphatic heterocycles. The van der Waals surface area contributed by atoms with Crippen LogP contribution in [0.4, 0.5) is 5.00 Å². The van der Waals surface area contributed by atoms with E-state index in [4.69, 9.17) is 9.84 Å². The molecule has 2 heterocycles. The fraction of sp³-hybridized carbons (Fsp3) is 0.444. The lowest BCUT2D eigenvalue weighted by molar-refractivity contribution is -0.156. The average molecular weight is 623 g/mol. The largest absolute Gasteiger partial charge is 0.480 e. The van der Waals surface area contributed by atoms with Crippen LogP contribution in [0.5, 0.6) is 0 Å². The number of hydrogen-bond acceptors (Lipinski definition) is 13. The van der Waals surface area contributed by atoms with Crippen molar-refractivity contribution in [1.29, 1.82) is 0 Å². The van der Waals surface area contributed by atoms with E-state index in [0.717, 1.165) is 16.9 Å². The zero-order valence-electron chi connectivity index (χ0n) is 23.3. The molecular formula is C27H34N4O11S. The molecule has 16 heteroatoms. The molecule has 43 heavy (non-hydrogen) atoms. The number of thiophene rings is 1. The lowest BCUT2D eigenvalue weighted by atomic mass is 10.0. The molecule has 5 atom stereocenters. The Hall–Kier alpha value is -3.93. The molecule has 1 aromatic carbocycles. The molecule has 0 bridgehead atoms. The number of fused-ring (bicyclic) bond motifs is 1. The van der Waals surface area contributed by atoms with Gasteiger partial charge in [0.1, 0.15) is 42.9 Å². The summed E-state index contributed by atoms with van der Waals surface area (Å²) in [6, 6.07) is 7.15. The molecule has 0 aliphatic rings. The minimum absolute atomic E-state index is 0.228. The second-order valence-corrected chi connectivity index (χ2v) is 10.9. The van der Waals surface area contributed by atoms with Gasteiger partial charge in [-0.1, -0.05) is 6.07 Å². The van der Waals surface area contributed by atoms with Gasteiger partial charge in [0.25, 0.3) is 11.5 Å². The van der Waals surface area contributed by atoms with E-state index in [0.29, 0.717) is 28.3 Å². The van der Waals surface area contributed by atoms with E-state index in [1.807, 2.05) is 11.0 Å². The Labute approximate surface area is 249 Å². The highest BCUT2D eigenvalue weighted by atomic mass is 32.1. The molecule has 0 unspecified atom stereocenters. The monoisotopic (exact) mass is 622 g/mol. The zero-order chi connectivity index (χ0) is 31.8. The number of carbonyl (C=O) groups is 3. The van der Waals surface area contributed by atoms with Gasteiger partial charge in [-0.25, -0.2) is 9.78 Å². The molecule has 0 spiro atoms. The number of aliphatic hydroxyl groups is 5. The van der Waals surface area contributed by atoms with Crippen molar-refractivity contribution >= 4 is 45.1 Å². The van der Waals surface area contributed by atoms with E-state index >= 15 is 0 Å². The summed E-state index contributed by atoms with van der Waals surface area (Å²) in [6.07, 6.45) is -8.11. The number of benzene rings is 1. The molecule has 234 valence electrons. The third-order valence-corrected chi connectivity index (χ3v) is 7.68. The van der Waals surface area contributed by atoms with Crippen LogP contribution < -0.4 is 15.8 Å². The van der Waals surface area contributed by atoms with E-state index in [1.54, 1.807) is 32.2 Å². The first-order valence-electron chi connectivity index (χ1n) is 13.1. The number of anilines is 1. The first-order chi connectivity index (χ1) is 20.3. The SMILES string of the molecule is Cc1nc2ccc(CN(C)c3ccc(C(=O)N[C@@H](CCC(=O)OC[C@@H](O)[C@@H](O)[C@H](O)[C@H](O)CO)C(=O)O)s3)cc2c(=O)[nH]1. The van der Waals surface area contributed by atoms with Crippen LogP contribution in [-0.4, -0.2) is 109 Å². The molecule has 0 fully saturated rings.